The van der Waals surface area contributed by atoms with Gasteiger partial charge in [-0.2, -0.15) is 10.4 Å². The number of likely N-dealkylation sites (N-methyl/N-ethyl adjacent to an activating group) is 1. The highest BCUT2D eigenvalue weighted by atomic mass is 16.5. The first-order valence-electron chi connectivity index (χ1n) is 12.0. The first-order valence-corrected chi connectivity index (χ1v) is 12.0. The maximum absolute atomic E-state index is 12.2. The van der Waals surface area contributed by atoms with Gasteiger partial charge in [-0.1, -0.05) is 12.6 Å². The predicted molar refractivity (Wildman–Crippen MR) is 146 cm³/mol. The lowest BCUT2D eigenvalue weighted by Crippen LogP contribution is -2.57. The van der Waals surface area contributed by atoms with Crippen molar-refractivity contribution in [2.75, 3.05) is 49.8 Å². The summed E-state index contributed by atoms with van der Waals surface area (Å²) in [5, 5.41) is 20.2. The van der Waals surface area contributed by atoms with E-state index in [1.54, 1.807) is 23.9 Å². The second kappa shape index (κ2) is 10.2. The van der Waals surface area contributed by atoms with Gasteiger partial charge in [0.05, 0.1) is 53.3 Å². The summed E-state index contributed by atoms with van der Waals surface area (Å²) in [5.74, 6) is 0.491. The van der Waals surface area contributed by atoms with Crippen molar-refractivity contribution in [3.05, 3.63) is 67.1 Å². The Kier molecular flexibility index (Phi) is 6.64. The Morgan fingerprint density at radius 3 is 2.79 bits per heavy atom. The molecule has 11 heteroatoms. The number of anilines is 4. The topological polar surface area (TPSA) is 124 Å². The van der Waals surface area contributed by atoms with Crippen LogP contribution in [-0.2, 0) is 4.79 Å². The highest BCUT2D eigenvalue weighted by Crippen LogP contribution is 2.40. The Balaban J connectivity index is 1.53. The van der Waals surface area contributed by atoms with Gasteiger partial charge >= 0.3 is 0 Å². The van der Waals surface area contributed by atoms with Crippen molar-refractivity contribution < 1.29 is 9.53 Å². The van der Waals surface area contributed by atoms with E-state index in [-0.39, 0.29) is 11.9 Å². The van der Waals surface area contributed by atoms with E-state index in [1.807, 2.05) is 30.5 Å². The van der Waals surface area contributed by atoms with Gasteiger partial charge in [-0.05, 0) is 38.4 Å². The lowest BCUT2D eigenvalue weighted by molar-refractivity contribution is -0.111. The molecule has 1 aliphatic heterocycles. The summed E-state index contributed by atoms with van der Waals surface area (Å²) in [5.41, 5.74) is 4.30. The van der Waals surface area contributed by atoms with Crippen LogP contribution in [0.3, 0.4) is 0 Å². The van der Waals surface area contributed by atoms with E-state index in [0.29, 0.717) is 40.0 Å². The summed E-state index contributed by atoms with van der Waals surface area (Å²) in [4.78, 5) is 25.6. The summed E-state index contributed by atoms with van der Waals surface area (Å²) in [7, 11) is 5.68. The van der Waals surface area contributed by atoms with Crippen LogP contribution in [0, 0.1) is 11.3 Å². The van der Waals surface area contributed by atoms with Gasteiger partial charge in [0.2, 0.25) is 11.9 Å². The van der Waals surface area contributed by atoms with Crippen molar-refractivity contribution in [2.24, 2.45) is 0 Å². The summed E-state index contributed by atoms with van der Waals surface area (Å²) >= 11 is 0. The smallest absolute Gasteiger partial charge is 0.247 e. The van der Waals surface area contributed by atoms with Gasteiger partial charge in [-0.15, -0.1) is 0 Å². The third kappa shape index (κ3) is 4.60. The molecule has 192 valence electrons. The van der Waals surface area contributed by atoms with Crippen molar-refractivity contribution >= 4 is 34.4 Å². The van der Waals surface area contributed by atoms with Gasteiger partial charge in [-0.3, -0.25) is 4.79 Å². The molecule has 0 bridgehead atoms. The van der Waals surface area contributed by atoms with Gasteiger partial charge in [0.1, 0.15) is 11.8 Å². The molecule has 1 fully saturated rings. The molecule has 1 aliphatic rings. The second-order valence-corrected chi connectivity index (χ2v) is 9.07. The third-order valence-electron chi connectivity index (χ3n) is 6.53. The van der Waals surface area contributed by atoms with Crippen LogP contribution >= 0.6 is 0 Å². The van der Waals surface area contributed by atoms with E-state index in [0.717, 1.165) is 24.3 Å². The minimum absolute atomic E-state index is 0.262. The first kappa shape index (κ1) is 24.7. The molecule has 1 saturated heterocycles. The van der Waals surface area contributed by atoms with Crippen LogP contribution in [0.5, 0.6) is 5.75 Å². The molecule has 0 spiro atoms. The molecule has 4 heterocycles. The number of benzene rings is 1. The van der Waals surface area contributed by atoms with Crippen molar-refractivity contribution in [1.82, 2.24) is 24.5 Å². The number of ether oxygens (including phenoxy) is 1. The van der Waals surface area contributed by atoms with Crippen LogP contribution in [0.25, 0.3) is 16.8 Å². The van der Waals surface area contributed by atoms with E-state index < -0.39 is 0 Å². The van der Waals surface area contributed by atoms with Crippen LogP contribution in [0.1, 0.15) is 5.56 Å². The number of aromatic nitrogens is 4. The van der Waals surface area contributed by atoms with Crippen LogP contribution in [0.2, 0.25) is 0 Å². The number of nitriles is 1. The molecular formula is C27H27N9O2. The molecule has 5 rings (SSSR count). The number of rotatable bonds is 8. The van der Waals surface area contributed by atoms with Gasteiger partial charge in [0.15, 0.2) is 0 Å². The SMILES string of the molecule is C=CC(=O)Nc1cc(Nc2ncc(C#N)c(-c3cnn4ccccc34)n2)c(OC)cc1N1CC(N(C)C)C1. The Morgan fingerprint density at radius 1 is 1.26 bits per heavy atom. The lowest BCUT2D eigenvalue weighted by Gasteiger charge is -2.45. The third-order valence-corrected chi connectivity index (χ3v) is 6.53. The maximum atomic E-state index is 12.2. The molecule has 0 radical (unpaired) electrons. The van der Waals surface area contributed by atoms with Gasteiger partial charge in [0.25, 0.3) is 0 Å². The highest BCUT2D eigenvalue weighted by molar-refractivity contribution is 6.02. The average Bonchev–Trinajstić information content (AvgIpc) is 3.32. The zero-order valence-electron chi connectivity index (χ0n) is 21.3. The number of pyridine rings is 1. The molecule has 0 unspecified atom stereocenters. The minimum atomic E-state index is -0.322. The van der Waals surface area contributed by atoms with E-state index in [9.17, 15) is 10.1 Å². The number of nitrogens with one attached hydrogen (secondary N) is 2. The molecule has 0 saturated carbocycles. The molecule has 2 N–H and O–H groups in total. The maximum Gasteiger partial charge on any atom is 0.247 e. The molecular weight excluding hydrogens is 482 g/mol. The van der Waals surface area contributed by atoms with Crippen LogP contribution in [-0.4, -0.2) is 70.7 Å². The number of hydrogen-bond donors (Lipinski definition) is 2. The molecule has 4 aromatic rings. The number of amides is 1. The standard InChI is InChI=1S/C27H27N9O2/c1-5-25(37)31-20-10-21(24(38-4)11-23(20)35-15-18(16-35)34(2)3)32-27-29-13-17(12-28)26(33-27)19-14-30-36-9-7-6-8-22(19)36/h5-11,13-14,18H,1,15-16H2,2-4H3,(H,31,37)(H,29,32,33). The number of hydrogen-bond acceptors (Lipinski definition) is 9. The van der Waals surface area contributed by atoms with Gasteiger partial charge < -0.3 is 25.2 Å². The summed E-state index contributed by atoms with van der Waals surface area (Å²) in [6.45, 7) is 5.21. The number of carbonyl (C=O) groups excluding carboxylic acids is 1. The second-order valence-electron chi connectivity index (χ2n) is 9.07. The fraction of sp³-hybridized carbons (Fsp3) is 0.222. The molecule has 38 heavy (non-hydrogen) atoms. The van der Waals surface area contributed by atoms with Crippen LogP contribution in [0.4, 0.5) is 23.0 Å². The number of carbonyl (C=O) groups is 1. The Morgan fingerprint density at radius 2 is 2.08 bits per heavy atom. The van der Waals surface area contributed by atoms with E-state index in [4.69, 9.17) is 4.74 Å². The van der Waals surface area contributed by atoms with Crippen molar-refractivity contribution in [3.8, 4) is 23.1 Å². The van der Waals surface area contributed by atoms with Crippen molar-refractivity contribution in [2.45, 2.75) is 6.04 Å². The van der Waals surface area contributed by atoms with Gasteiger partial charge in [0, 0.05) is 37.0 Å². The van der Waals surface area contributed by atoms with Crippen molar-refractivity contribution in [3.63, 3.8) is 0 Å². The van der Waals surface area contributed by atoms with Crippen LogP contribution < -0.4 is 20.3 Å². The number of methoxy groups -OCH3 is 1. The molecule has 3 aromatic heterocycles. The molecule has 11 nitrogen and oxygen atoms in total. The summed E-state index contributed by atoms with van der Waals surface area (Å²) < 4.78 is 7.41. The normalized spacial score (nSPS) is 13.2. The summed E-state index contributed by atoms with van der Waals surface area (Å²) in [6.07, 6.45) is 6.20. The lowest BCUT2D eigenvalue weighted by atomic mass is 10.0. The van der Waals surface area contributed by atoms with Crippen LogP contribution in [0.15, 0.2) is 61.6 Å². The van der Waals surface area contributed by atoms with Gasteiger partial charge in [-0.25, -0.2) is 14.5 Å². The zero-order chi connectivity index (χ0) is 26.8. The van der Waals surface area contributed by atoms with E-state index >= 15 is 0 Å². The Labute approximate surface area is 220 Å². The van der Waals surface area contributed by atoms with E-state index in [2.05, 4.69) is 62.2 Å². The van der Waals surface area contributed by atoms with Crippen molar-refractivity contribution in [1.29, 1.82) is 5.26 Å². The fourth-order valence-electron chi connectivity index (χ4n) is 4.33. The number of nitrogens with zero attached hydrogens (tertiary/aromatic N) is 7. The predicted octanol–water partition coefficient (Wildman–Crippen LogP) is 3.29. The number of fused-ring (bicyclic) bond motifs is 1. The minimum Gasteiger partial charge on any atom is -0.494 e. The molecule has 0 atom stereocenters. The first-order chi connectivity index (χ1) is 18.4. The Bertz CT molecular complexity index is 1560. The molecule has 1 amide bonds. The fourth-order valence-corrected chi connectivity index (χ4v) is 4.33. The monoisotopic (exact) mass is 509 g/mol. The molecule has 0 aliphatic carbocycles. The summed E-state index contributed by atoms with van der Waals surface area (Å²) in [6, 6.07) is 11.9. The zero-order valence-corrected chi connectivity index (χ0v) is 21.3. The highest BCUT2D eigenvalue weighted by Gasteiger charge is 2.31. The largest absolute Gasteiger partial charge is 0.494 e. The quantitative estimate of drug-likeness (QED) is 0.344. The average molecular weight is 510 g/mol. The molecule has 1 aromatic carbocycles. The van der Waals surface area contributed by atoms with E-state index in [1.165, 1.54) is 12.3 Å². The Hall–Kier alpha value is -4.95.